The third kappa shape index (κ3) is 3.67. The number of carbonyl (C=O) groups excluding carboxylic acids is 1. The molecular weight excluding hydrogens is 224 g/mol. The van der Waals surface area contributed by atoms with Gasteiger partial charge in [0.05, 0.1) is 6.10 Å². The lowest BCUT2D eigenvalue weighted by Crippen LogP contribution is -2.40. The second-order valence-electron chi connectivity index (χ2n) is 4.24. The predicted molar refractivity (Wildman–Crippen MR) is 61.5 cm³/mol. The van der Waals surface area contributed by atoms with E-state index in [1.165, 1.54) is 12.0 Å². The Morgan fingerprint density at radius 3 is 2.71 bits per heavy atom. The number of nitrogens with zero attached hydrogens (tertiary/aromatic N) is 1. The van der Waals surface area contributed by atoms with Gasteiger partial charge in [-0.3, -0.25) is 4.79 Å². The first kappa shape index (κ1) is 13.9. The number of methoxy groups -OCH3 is 1. The van der Waals surface area contributed by atoms with Crippen molar-refractivity contribution < 1.29 is 19.4 Å². The Labute approximate surface area is 101 Å². The van der Waals surface area contributed by atoms with Crippen molar-refractivity contribution in [2.45, 2.75) is 37.8 Å². The highest BCUT2D eigenvalue weighted by molar-refractivity contribution is 5.84. The Morgan fingerprint density at radius 2 is 2.18 bits per heavy atom. The Morgan fingerprint density at radius 1 is 1.47 bits per heavy atom. The Hall–Kier alpha value is -1.14. The van der Waals surface area contributed by atoms with Gasteiger partial charge in [-0.2, -0.15) is 0 Å². The van der Waals surface area contributed by atoms with Crippen molar-refractivity contribution in [1.29, 1.82) is 0 Å². The van der Waals surface area contributed by atoms with Crippen molar-refractivity contribution >= 4 is 11.9 Å². The molecule has 0 aromatic heterocycles. The van der Waals surface area contributed by atoms with Crippen LogP contribution in [-0.4, -0.2) is 54.2 Å². The number of hydrogen-bond donors (Lipinski definition) is 2. The van der Waals surface area contributed by atoms with Crippen LogP contribution >= 0.6 is 0 Å². The molecule has 6 nitrogen and oxygen atoms in total. The van der Waals surface area contributed by atoms with Crippen molar-refractivity contribution in [3.63, 3.8) is 0 Å². The minimum atomic E-state index is -0.961. The van der Waals surface area contributed by atoms with Gasteiger partial charge in [-0.05, 0) is 19.4 Å². The molecule has 0 aliphatic carbocycles. The number of rotatable bonds is 6. The minimum Gasteiger partial charge on any atom is -0.480 e. The standard InChI is InChI=1S/C11H20N2O4/c1-17-8-6-9(11(15)16)13(7-8)10(14)4-2-3-5-12/h8-9H,2-7,12H2,1H3,(H,15,16). The molecule has 1 amide bonds. The van der Waals surface area contributed by atoms with E-state index in [2.05, 4.69) is 0 Å². The van der Waals surface area contributed by atoms with Gasteiger partial charge in [0.25, 0.3) is 0 Å². The number of unbranched alkanes of at least 4 members (excludes halogenated alkanes) is 1. The molecule has 2 atom stereocenters. The fourth-order valence-corrected chi connectivity index (χ4v) is 2.04. The zero-order valence-corrected chi connectivity index (χ0v) is 10.1. The number of hydrogen-bond acceptors (Lipinski definition) is 4. The summed E-state index contributed by atoms with van der Waals surface area (Å²) in [5, 5.41) is 9.05. The molecule has 1 saturated heterocycles. The molecule has 17 heavy (non-hydrogen) atoms. The van der Waals surface area contributed by atoms with Crippen molar-refractivity contribution in [3.05, 3.63) is 0 Å². The van der Waals surface area contributed by atoms with Crippen molar-refractivity contribution in [2.75, 3.05) is 20.2 Å². The molecule has 3 N–H and O–H groups in total. The van der Waals surface area contributed by atoms with Crippen LogP contribution in [0.25, 0.3) is 0 Å². The minimum absolute atomic E-state index is 0.120. The highest BCUT2D eigenvalue weighted by Gasteiger charge is 2.39. The first-order valence-corrected chi connectivity index (χ1v) is 5.85. The quantitative estimate of drug-likeness (QED) is 0.632. The average Bonchev–Trinajstić information content (AvgIpc) is 2.73. The van der Waals surface area contributed by atoms with E-state index in [4.69, 9.17) is 15.6 Å². The van der Waals surface area contributed by atoms with E-state index < -0.39 is 12.0 Å². The molecule has 0 saturated carbocycles. The number of likely N-dealkylation sites (tertiary alicyclic amines) is 1. The molecule has 1 rings (SSSR count). The zero-order chi connectivity index (χ0) is 12.8. The average molecular weight is 244 g/mol. The van der Waals surface area contributed by atoms with Gasteiger partial charge in [0.1, 0.15) is 6.04 Å². The number of carboxylic acids is 1. The maximum Gasteiger partial charge on any atom is 0.326 e. The fourth-order valence-electron chi connectivity index (χ4n) is 2.04. The predicted octanol–water partition coefficient (Wildman–Crippen LogP) is -0.184. The van der Waals surface area contributed by atoms with Gasteiger partial charge in [-0.25, -0.2) is 4.79 Å². The van der Waals surface area contributed by atoms with Gasteiger partial charge in [0.15, 0.2) is 0 Å². The maximum atomic E-state index is 11.9. The molecule has 0 bridgehead atoms. The Balaban J connectivity index is 2.54. The topological polar surface area (TPSA) is 92.9 Å². The van der Waals surface area contributed by atoms with E-state index in [1.54, 1.807) is 0 Å². The van der Waals surface area contributed by atoms with Gasteiger partial charge < -0.3 is 20.5 Å². The molecule has 98 valence electrons. The molecule has 6 heteroatoms. The molecule has 1 aliphatic rings. The largest absolute Gasteiger partial charge is 0.480 e. The summed E-state index contributed by atoms with van der Waals surface area (Å²) in [6.07, 6.45) is 2.04. The van der Waals surface area contributed by atoms with E-state index in [0.29, 0.717) is 32.4 Å². The number of aliphatic carboxylic acids is 1. The van der Waals surface area contributed by atoms with E-state index >= 15 is 0 Å². The van der Waals surface area contributed by atoms with Crippen molar-refractivity contribution in [2.24, 2.45) is 5.73 Å². The van der Waals surface area contributed by atoms with E-state index in [9.17, 15) is 9.59 Å². The molecule has 0 aromatic carbocycles. The van der Waals surface area contributed by atoms with Crippen LogP contribution in [0.2, 0.25) is 0 Å². The first-order valence-electron chi connectivity index (χ1n) is 5.85. The Bertz CT molecular complexity index is 283. The first-order chi connectivity index (χ1) is 8.10. The molecular formula is C11H20N2O4. The maximum absolute atomic E-state index is 11.9. The summed E-state index contributed by atoms with van der Waals surface area (Å²) in [5.41, 5.74) is 5.35. The van der Waals surface area contributed by atoms with Gasteiger partial charge in [-0.15, -0.1) is 0 Å². The van der Waals surface area contributed by atoms with Gasteiger partial charge in [-0.1, -0.05) is 0 Å². The number of nitrogens with two attached hydrogens (primary N) is 1. The molecule has 1 heterocycles. The van der Waals surface area contributed by atoms with Crippen LogP contribution < -0.4 is 5.73 Å². The molecule has 1 aliphatic heterocycles. The summed E-state index contributed by atoms with van der Waals surface area (Å²) in [7, 11) is 1.53. The third-order valence-corrected chi connectivity index (χ3v) is 3.05. The van der Waals surface area contributed by atoms with E-state index in [0.717, 1.165) is 6.42 Å². The molecule has 1 fully saturated rings. The van der Waals surface area contributed by atoms with Gasteiger partial charge in [0, 0.05) is 26.5 Å². The lowest BCUT2D eigenvalue weighted by Gasteiger charge is -2.21. The summed E-state index contributed by atoms with van der Waals surface area (Å²) < 4.78 is 5.12. The van der Waals surface area contributed by atoms with Crippen LogP contribution in [0.5, 0.6) is 0 Å². The SMILES string of the molecule is COC1CC(C(=O)O)N(C(=O)CCCCN)C1. The summed E-state index contributed by atoms with van der Waals surface area (Å²) >= 11 is 0. The molecule has 2 unspecified atom stereocenters. The van der Waals surface area contributed by atoms with Crippen LogP contribution in [0, 0.1) is 0 Å². The highest BCUT2D eigenvalue weighted by atomic mass is 16.5. The number of carboxylic acid groups (broad SMARTS) is 1. The number of amides is 1. The Kier molecular flexibility index (Phi) is 5.37. The monoisotopic (exact) mass is 244 g/mol. The lowest BCUT2D eigenvalue weighted by molar-refractivity contribution is -0.148. The summed E-state index contributed by atoms with van der Waals surface area (Å²) in [6, 6.07) is -0.745. The summed E-state index contributed by atoms with van der Waals surface area (Å²) in [6.45, 7) is 0.922. The van der Waals surface area contributed by atoms with Crippen LogP contribution in [0.15, 0.2) is 0 Å². The molecule has 0 spiro atoms. The van der Waals surface area contributed by atoms with Crippen molar-refractivity contribution in [1.82, 2.24) is 4.90 Å². The zero-order valence-electron chi connectivity index (χ0n) is 10.1. The number of ether oxygens (including phenoxy) is 1. The highest BCUT2D eigenvalue weighted by Crippen LogP contribution is 2.21. The third-order valence-electron chi connectivity index (χ3n) is 3.05. The fraction of sp³-hybridized carbons (Fsp3) is 0.818. The normalized spacial score (nSPS) is 24.0. The smallest absolute Gasteiger partial charge is 0.326 e. The molecule has 0 radical (unpaired) electrons. The van der Waals surface area contributed by atoms with Crippen molar-refractivity contribution in [3.8, 4) is 0 Å². The number of carbonyl (C=O) groups is 2. The lowest BCUT2D eigenvalue weighted by atomic mass is 10.2. The second kappa shape index (κ2) is 6.56. The van der Waals surface area contributed by atoms with Crippen LogP contribution in [0.3, 0.4) is 0 Å². The second-order valence-corrected chi connectivity index (χ2v) is 4.24. The van der Waals surface area contributed by atoms with Gasteiger partial charge in [0.2, 0.25) is 5.91 Å². The van der Waals surface area contributed by atoms with Crippen LogP contribution in [0.1, 0.15) is 25.7 Å². The van der Waals surface area contributed by atoms with E-state index in [-0.39, 0.29) is 12.0 Å². The van der Waals surface area contributed by atoms with Gasteiger partial charge >= 0.3 is 5.97 Å². The molecule has 0 aromatic rings. The summed E-state index contributed by atoms with van der Waals surface area (Å²) in [5.74, 6) is -1.08. The van der Waals surface area contributed by atoms with Crippen LogP contribution in [-0.2, 0) is 14.3 Å². The summed E-state index contributed by atoms with van der Waals surface area (Å²) in [4.78, 5) is 24.3. The van der Waals surface area contributed by atoms with E-state index in [1.807, 2.05) is 0 Å². The van der Waals surface area contributed by atoms with Crippen LogP contribution in [0.4, 0.5) is 0 Å².